The Morgan fingerprint density at radius 2 is 2.12 bits per heavy atom. The van der Waals surface area contributed by atoms with Crippen molar-refractivity contribution in [2.75, 3.05) is 14.2 Å². The van der Waals surface area contributed by atoms with Crippen molar-refractivity contribution in [3.05, 3.63) is 53.5 Å². The van der Waals surface area contributed by atoms with Crippen molar-refractivity contribution in [3.63, 3.8) is 0 Å². The molecule has 1 heterocycles. The summed E-state index contributed by atoms with van der Waals surface area (Å²) in [5, 5.41) is 3.30. The first-order chi connectivity index (χ1) is 8.26. The van der Waals surface area contributed by atoms with Gasteiger partial charge in [0.2, 0.25) is 0 Å². The third-order valence-corrected chi connectivity index (χ3v) is 2.93. The van der Waals surface area contributed by atoms with Gasteiger partial charge in [-0.15, -0.1) is 0 Å². The van der Waals surface area contributed by atoms with E-state index in [2.05, 4.69) is 11.4 Å². The van der Waals surface area contributed by atoms with E-state index in [0.717, 1.165) is 22.6 Å². The summed E-state index contributed by atoms with van der Waals surface area (Å²) in [7, 11) is 3.62. The summed E-state index contributed by atoms with van der Waals surface area (Å²) >= 11 is 0. The summed E-state index contributed by atoms with van der Waals surface area (Å²) in [5.41, 5.74) is 2.32. The summed E-state index contributed by atoms with van der Waals surface area (Å²) in [6.45, 7) is 1.97. The van der Waals surface area contributed by atoms with E-state index in [9.17, 15) is 0 Å². The van der Waals surface area contributed by atoms with Gasteiger partial charge in [-0.2, -0.15) is 0 Å². The van der Waals surface area contributed by atoms with Gasteiger partial charge in [-0.05, 0) is 37.7 Å². The lowest BCUT2D eigenvalue weighted by atomic mass is 9.99. The van der Waals surface area contributed by atoms with Crippen LogP contribution in [0.1, 0.15) is 22.9 Å². The van der Waals surface area contributed by atoms with Crippen molar-refractivity contribution < 1.29 is 9.15 Å². The van der Waals surface area contributed by atoms with Crippen LogP contribution in [0.25, 0.3) is 0 Å². The molecule has 0 aliphatic heterocycles. The van der Waals surface area contributed by atoms with E-state index in [1.807, 2.05) is 38.2 Å². The van der Waals surface area contributed by atoms with Gasteiger partial charge < -0.3 is 14.5 Å². The van der Waals surface area contributed by atoms with Crippen LogP contribution in [0, 0.1) is 6.92 Å². The molecule has 0 amide bonds. The molecule has 0 aliphatic carbocycles. The Bertz CT molecular complexity index is 490. The van der Waals surface area contributed by atoms with Crippen molar-refractivity contribution >= 4 is 0 Å². The number of nitrogens with one attached hydrogen (secondary N) is 1. The van der Waals surface area contributed by atoms with E-state index in [1.54, 1.807) is 13.4 Å². The predicted molar refractivity (Wildman–Crippen MR) is 67.3 cm³/mol. The maximum atomic E-state index is 5.35. The molecule has 1 aromatic heterocycles. The molecule has 0 saturated carbocycles. The highest BCUT2D eigenvalue weighted by molar-refractivity contribution is 5.37. The van der Waals surface area contributed by atoms with Crippen LogP contribution in [0.15, 0.2) is 41.0 Å². The molecule has 0 aliphatic rings. The highest BCUT2D eigenvalue weighted by atomic mass is 16.5. The molecule has 3 nitrogen and oxygen atoms in total. The van der Waals surface area contributed by atoms with Crippen LogP contribution in [0.2, 0.25) is 0 Å². The van der Waals surface area contributed by atoms with E-state index in [4.69, 9.17) is 9.15 Å². The molecule has 17 heavy (non-hydrogen) atoms. The Balaban J connectivity index is 2.38. The van der Waals surface area contributed by atoms with Crippen LogP contribution in [-0.2, 0) is 0 Å². The summed E-state index contributed by atoms with van der Waals surface area (Å²) in [4.78, 5) is 0. The zero-order chi connectivity index (χ0) is 12.3. The van der Waals surface area contributed by atoms with E-state index in [-0.39, 0.29) is 6.04 Å². The standard InChI is InChI=1S/C14H17NO2/c1-10-13(7-8-17-10)14(15-2)11-5-4-6-12(9-11)16-3/h4-9,14-15H,1-3H3. The molecule has 1 unspecified atom stereocenters. The highest BCUT2D eigenvalue weighted by Gasteiger charge is 2.16. The molecule has 2 rings (SSSR count). The monoisotopic (exact) mass is 231 g/mol. The van der Waals surface area contributed by atoms with Gasteiger partial charge in [-0.3, -0.25) is 0 Å². The molecule has 1 N–H and O–H groups in total. The molecule has 3 heteroatoms. The van der Waals surface area contributed by atoms with Crippen molar-refractivity contribution in [1.29, 1.82) is 0 Å². The Kier molecular flexibility index (Phi) is 3.49. The van der Waals surface area contributed by atoms with Crippen molar-refractivity contribution in [2.45, 2.75) is 13.0 Å². The van der Waals surface area contributed by atoms with Crippen LogP contribution < -0.4 is 10.1 Å². The first-order valence-electron chi connectivity index (χ1n) is 5.61. The lowest BCUT2D eigenvalue weighted by molar-refractivity contribution is 0.413. The summed E-state index contributed by atoms with van der Waals surface area (Å²) < 4.78 is 10.6. The second kappa shape index (κ2) is 5.06. The van der Waals surface area contributed by atoms with E-state index in [0.29, 0.717) is 0 Å². The minimum absolute atomic E-state index is 0.129. The summed E-state index contributed by atoms with van der Waals surface area (Å²) in [5.74, 6) is 1.80. The average Bonchev–Trinajstić information content (AvgIpc) is 2.77. The van der Waals surface area contributed by atoms with Gasteiger partial charge in [0.1, 0.15) is 11.5 Å². The van der Waals surface area contributed by atoms with Gasteiger partial charge in [0, 0.05) is 5.56 Å². The fraction of sp³-hybridized carbons (Fsp3) is 0.286. The number of hydrogen-bond acceptors (Lipinski definition) is 3. The minimum Gasteiger partial charge on any atom is -0.497 e. The molecule has 0 saturated heterocycles. The maximum Gasteiger partial charge on any atom is 0.119 e. The fourth-order valence-electron chi connectivity index (χ4n) is 2.02. The predicted octanol–water partition coefficient (Wildman–Crippen LogP) is 2.91. The minimum atomic E-state index is 0.129. The summed E-state index contributed by atoms with van der Waals surface area (Å²) in [6.07, 6.45) is 1.72. The van der Waals surface area contributed by atoms with Crippen LogP contribution >= 0.6 is 0 Å². The zero-order valence-electron chi connectivity index (χ0n) is 10.4. The SMILES string of the molecule is CNC(c1cccc(OC)c1)c1ccoc1C. The lowest BCUT2D eigenvalue weighted by Gasteiger charge is -2.16. The Morgan fingerprint density at radius 1 is 1.29 bits per heavy atom. The smallest absolute Gasteiger partial charge is 0.119 e. The molecule has 1 aromatic carbocycles. The number of ether oxygens (including phenoxy) is 1. The molecule has 2 aromatic rings. The van der Waals surface area contributed by atoms with Crippen LogP contribution in [0.5, 0.6) is 5.75 Å². The average molecular weight is 231 g/mol. The maximum absolute atomic E-state index is 5.35. The van der Waals surface area contributed by atoms with Crippen molar-refractivity contribution in [2.24, 2.45) is 0 Å². The zero-order valence-corrected chi connectivity index (χ0v) is 10.4. The summed E-state index contributed by atoms with van der Waals surface area (Å²) in [6, 6.07) is 10.2. The number of benzene rings is 1. The number of methoxy groups -OCH3 is 1. The van der Waals surface area contributed by atoms with E-state index in [1.165, 1.54) is 0 Å². The lowest BCUT2D eigenvalue weighted by Crippen LogP contribution is -2.17. The molecule has 0 spiro atoms. The number of rotatable bonds is 4. The van der Waals surface area contributed by atoms with Crippen molar-refractivity contribution in [3.8, 4) is 5.75 Å². The van der Waals surface area contributed by atoms with Crippen molar-refractivity contribution in [1.82, 2.24) is 5.32 Å². The van der Waals surface area contributed by atoms with Gasteiger partial charge in [-0.1, -0.05) is 12.1 Å². The first kappa shape index (κ1) is 11.7. The molecular weight excluding hydrogens is 214 g/mol. The van der Waals surface area contributed by atoms with Gasteiger partial charge in [0.15, 0.2) is 0 Å². The molecule has 0 fully saturated rings. The number of aryl methyl sites for hydroxylation is 1. The third kappa shape index (κ3) is 2.34. The molecular formula is C14H17NO2. The Morgan fingerprint density at radius 3 is 2.71 bits per heavy atom. The van der Waals surface area contributed by atoms with Gasteiger partial charge in [-0.25, -0.2) is 0 Å². The fourth-order valence-corrected chi connectivity index (χ4v) is 2.02. The quantitative estimate of drug-likeness (QED) is 0.878. The molecule has 1 atom stereocenters. The van der Waals surface area contributed by atoms with Gasteiger partial charge in [0.05, 0.1) is 19.4 Å². The largest absolute Gasteiger partial charge is 0.497 e. The van der Waals surface area contributed by atoms with Gasteiger partial charge >= 0.3 is 0 Å². The van der Waals surface area contributed by atoms with E-state index < -0.39 is 0 Å². The van der Waals surface area contributed by atoms with Crippen LogP contribution in [-0.4, -0.2) is 14.2 Å². The third-order valence-electron chi connectivity index (χ3n) is 2.93. The number of furan rings is 1. The topological polar surface area (TPSA) is 34.4 Å². The second-order valence-corrected chi connectivity index (χ2v) is 3.93. The van der Waals surface area contributed by atoms with E-state index >= 15 is 0 Å². The second-order valence-electron chi connectivity index (χ2n) is 3.93. The van der Waals surface area contributed by atoms with Crippen LogP contribution in [0.4, 0.5) is 0 Å². The normalized spacial score (nSPS) is 12.4. The molecule has 0 bridgehead atoms. The Labute approximate surface area is 101 Å². The molecule has 0 radical (unpaired) electrons. The van der Waals surface area contributed by atoms with Gasteiger partial charge in [0.25, 0.3) is 0 Å². The number of hydrogen-bond donors (Lipinski definition) is 1. The van der Waals surface area contributed by atoms with Crippen LogP contribution in [0.3, 0.4) is 0 Å². The Hall–Kier alpha value is -1.74. The molecule has 90 valence electrons. The first-order valence-corrected chi connectivity index (χ1v) is 5.61. The highest BCUT2D eigenvalue weighted by Crippen LogP contribution is 2.27.